The lowest BCUT2D eigenvalue weighted by Gasteiger charge is -2.29. The fourth-order valence-electron chi connectivity index (χ4n) is 3.21. The second kappa shape index (κ2) is 7.74. The Morgan fingerprint density at radius 1 is 0.833 bits per heavy atom. The third-order valence-electron chi connectivity index (χ3n) is 5.17. The van der Waals surface area contributed by atoms with Crippen molar-refractivity contribution in [3.8, 4) is 11.5 Å². The Labute approximate surface area is 146 Å². The number of hydrogen-bond acceptors (Lipinski definition) is 2. The van der Waals surface area contributed by atoms with Gasteiger partial charge in [-0.2, -0.15) is 0 Å². The van der Waals surface area contributed by atoms with Crippen LogP contribution in [0, 0.1) is 11.8 Å². The molecule has 1 atom stereocenters. The van der Waals surface area contributed by atoms with Gasteiger partial charge in [0, 0.05) is 0 Å². The second-order valence-corrected chi connectivity index (χ2v) is 7.84. The van der Waals surface area contributed by atoms with Gasteiger partial charge in [0.25, 0.3) is 0 Å². The van der Waals surface area contributed by atoms with Crippen LogP contribution in [0.3, 0.4) is 0 Å². The highest BCUT2D eigenvalue weighted by Gasteiger charge is 2.23. The average Bonchev–Trinajstić information content (AvgIpc) is 2.53. The van der Waals surface area contributed by atoms with E-state index in [1.54, 1.807) is 24.3 Å². The zero-order valence-electron chi connectivity index (χ0n) is 15.3. The molecule has 2 N–H and O–H groups in total. The van der Waals surface area contributed by atoms with Gasteiger partial charge in [-0.3, -0.25) is 0 Å². The van der Waals surface area contributed by atoms with Crippen LogP contribution in [0.1, 0.15) is 51.7 Å². The molecule has 1 unspecified atom stereocenters. The van der Waals surface area contributed by atoms with Crippen LogP contribution in [0.15, 0.2) is 48.5 Å². The topological polar surface area (TPSA) is 40.5 Å². The summed E-state index contributed by atoms with van der Waals surface area (Å²) in [5, 5.41) is 18.9. The molecule has 2 aromatic rings. The Kier molecular flexibility index (Phi) is 5.93. The summed E-state index contributed by atoms with van der Waals surface area (Å²) in [6.07, 6.45) is 3.31. The lowest BCUT2D eigenvalue weighted by molar-refractivity contribution is 0.311. The van der Waals surface area contributed by atoms with Crippen molar-refractivity contribution in [3.63, 3.8) is 0 Å². The number of phenolic OH excluding ortho intramolecular Hbond substituents is 2. The Balaban J connectivity index is 2.02. The third-order valence-corrected chi connectivity index (χ3v) is 5.17. The summed E-state index contributed by atoms with van der Waals surface area (Å²) < 4.78 is 0. The first-order valence-corrected chi connectivity index (χ1v) is 8.85. The quantitative estimate of drug-likeness (QED) is 0.688. The van der Waals surface area contributed by atoms with Crippen LogP contribution < -0.4 is 0 Å². The number of aromatic hydroxyl groups is 2. The summed E-state index contributed by atoms with van der Waals surface area (Å²) in [5.74, 6) is 1.88. The van der Waals surface area contributed by atoms with Gasteiger partial charge in [0.05, 0.1) is 0 Å². The minimum atomic E-state index is 0.0931. The van der Waals surface area contributed by atoms with Crippen molar-refractivity contribution in [3.05, 3.63) is 59.7 Å². The normalized spacial score (nSPS) is 13.2. The number of benzene rings is 2. The smallest absolute Gasteiger partial charge is 0.115 e. The lowest BCUT2D eigenvalue weighted by atomic mass is 9.76. The van der Waals surface area contributed by atoms with Crippen molar-refractivity contribution in [2.75, 3.05) is 0 Å². The molecule has 0 fully saturated rings. The molecular weight excluding hydrogens is 296 g/mol. The van der Waals surface area contributed by atoms with E-state index in [4.69, 9.17) is 0 Å². The summed E-state index contributed by atoms with van der Waals surface area (Å²) in [7, 11) is 0. The molecule has 0 spiro atoms. The zero-order chi connectivity index (χ0) is 17.7. The molecular formula is C22H30O2. The van der Waals surface area contributed by atoms with Crippen LogP contribution in [0.2, 0.25) is 0 Å². The molecule has 130 valence electrons. The van der Waals surface area contributed by atoms with Gasteiger partial charge in [0.1, 0.15) is 11.5 Å². The molecule has 0 saturated carbocycles. The molecule has 24 heavy (non-hydrogen) atoms. The highest BCUT2D eigenvalue weighted by atomic mass is 16.3. The minimum absolute atomic E-state index is 0.0931. The first-order chi connectivity index (χ1) is 11.3. The van der Waals surface area contributed by atoms with Crippen LogP contribution >= 0.6 is 0 Å². The standard InChI is InChI=1S/C22H30O2/c1-16(2)18(15-17-5-9-20(23)10-6-17)13-14-22(3,4)19-7-11-21(24)12-8-19/h5-12,16,18,23-24H,13-15H2,1-4H3. The molecule has 2 rings (SSSR count). The van der Waals surface area contributed by atoms with Gasteiger partial charge in [0.15, 0.2) is 0 Å². The SMILES string of the molecule is CC(C)C(CCC(C)(C)c1ccc(O)cc1)Cc1ccc(O)cc1. The van der Waals surface area contributed by atoms with Gasteiger partial charge in [-0.05, 0) is 71.9 Å². The van der Waals surface area contributed by atoms with Gasteiger partial charge < -0.3 is 10.2 Å². The van der Waals surface area contributed by atoms with E-state index in [-0.39, 0.29) is 5.41 Å². The van der Waals surface area contributed by atoms with E-state index in [2.05, 4.69) is 27.7 Å². The predicted octanol–water partition coefficient (Wildman–Crippen LogP) is 5.67. The number of phenols is 2. The number of hydrogen-bond donors (Lipinski definition) is 2. The molecule has 0 amide bonds. The van der Waals surface area contributed by atoms with Crippen LogP contribution in [0.5, 0.6) is 11.5 Å². The highest BCUT2D eigenvalue weighted by Crippen LogP contribution is 2.33. The Bertz CT molecular complexity index is 624. The van der Waals surface area contributed by atoms with Crippen molar-refractivity contribution in [1.82, 2.24) is 0 Å². The van der Waals surface area contributed by atoms with E-state index >= 15 is 0 Å². The molecule has 0 radical (unpaired) electrons. The van der Waals surface area contributed by atoms with Crippen molar-refractivity contribution >= 4 is 0 Å². The summed E-state index contributed by atoms with van der Waals surface area (Å²) in [6, 6.07) is 15.2. The molecule has 2 nitrogen and oxygen atoms in total. The van der Waals surface area contributed by atoms with Crippen molar-refractivity contribution < 1.29 is 10.2 Å². The summed E-state index contributed by atoms with van der Waals surface area (Å²) in [6.45, 7) is 9.13. The van der Waals surface area contributed by atoms with E-state index in [0.717, 1.165) is 19.3 Å². The number of rotatable bonds is 7. The van der Waals surface area contributed by atoms with Crippen molar-refractivity contribution in [2.24, 2.45) is 11.8 Å². The summed E-state index contributed by atoms with van der Waals surface area (Å²) in [5.41, 5.74) is 2.65. The predicted molar refractivity (Wildman–Crippen MR) is 101 cm³/mol. The van der Waals surface area contributed by atoms with Crippen molar-refractivity contribution in [2.45, 2.75) is 52.4 Å². The molecule has 2 aromatic carbocycles. The monoisotopic (exact) mass is 326 g/mol. The average molecular weight is 326 g/mol. The molecule has 0 aliphatic carbocycles. The van der Waals surface area contributed by atoms with E-state index in [0.29, 0.717) is 23.3 Å². The Morgan fingerprint density at radius 2 is 1.33 bits per heavy atom. The van der Waals surface area contributed by atoms with Crippen LogP contribution in [0.4, 0.5) is 0 Å². The maximum absolute atomic E-state index is 9.48. The van der Waals surface area contributed by atoms with Gasteiger partial charge in [-0.1, -0.05) is 52.0 Å². The van der Waals surface area contributed by atoms with Gasteiger partial charge in [0.2, 0.25) is 0 Å². The fourth-order valence-corrected chi connectivity index (χ4v) is 3.21. The largest absolute Gasteiger partial charge is 0.508 e. The molecule has 2 heteroatoms. The van der Waals surface area contributed by atoms with E-state index in [1.165, 1.54) is 11.1 Å². The van der Waals surface area contributed by atoms with Crippen LogP contribution in [-0.4, -0.2) is 10.2 Å². The van der Waals surface area contributed by atoms with Crippen LogP contribution in [0.25, 0.3) is 0 Å². The first-order valence-electron chi connectivity index (χ1n) is 8.85. The van der Waals surface area contributed by atoms with Gasteiger partial charge >= 0.3 is 0 Å². The van der Waals surface area contributed by atoms with Crippen molar-refractivity contribution in [1.29, 1.82) is 0 Å². The molecule has 0 bridgehead atoms. The lowest BCUT2D eigenvalue weighted by Crippen LogP contribution is -2.21. The maximum atomic E-state index is 9.48. The summed E-state index contributed by atoms with van der Waals surface area (Å²) in [4.78, 5) is 0. The van der Waals surface area contributed by atoms with Crippen LogP contribution in [-0.2, 0) is 11.8 Å². The molecule has 0 aliphatic heterocycles. The summed E-state index contributed by atoms with van der Waals surface area (Å²) >= 11 is 0. The first kappa shape index (κ1) is 18.4. The molecule has 0 aromatic heterocycles. The second-order valence-electron chi connectivity index (χ2n) is 7.84. The highest BCUT2D eigenvalue weighted by molar-refractivity contribution is 5.30. The van der Waals surface area contributed by atoms with E-state index in [9.17, 15) is 10.2 Å². The fraction of sp³-hybridized carbons (Fsp3) is 0.455. The molecule has 0 saturated heterocycles. The van der Waals surface area contributed by atoms with Gasteiger partial charge in [-0.15, -0.1) is 0 Å². The zero-order valence-corrected chi connectivity index (χ0v) is 15.3. The van der Waals surface area contributed by atoms with E-state index in [1.807, 2.05) is 24.3 Å². The van der Waals surface area contributed by atoms with Gasteiger partial charge in [-0.25, -0.2) is 0 Å². The molecule has 0 aliphatic rings. The third kappa shape index (κ3) is 5.02. The maximum Gasteiger partial charge on any atom is 0.115 e. The Morgan fingerprint density at radius 3 is 1.83 bits per heavy atom. The minimum Gasteiger partial charge on any atom is -0.508 e. The molecule has 0 heterocycles. The van der Waals surface area contributed by atoms with E-state index < -0.39 is 0 Å². The Hall–Kier alpha value is -1.96.